The summed E-state index contributed by atoms with van der Waals surface area (Å²) in [6, 6.07) is 5.58. The number of amides is 1. The third-order valence-electron chi connectivity index (χ3n) is 3.08. The molecular formula is C13H10F9NO. The van der Waals surface area contributed by atoms with E-state index in [1.54, 1.807) is 0 Å². The number of carbonyl (C=O) groups excluding carboxylic acids is 1. The van der Waals surface area contributed by atoms with Crippen LogP contribution >= 0.6 is 0 Å². The predicted octanol–water partition coefficient (Wildman–Crippen LogP) is 4.33. The summed E-state index contributed by atoms with van der Waals surface area (Å²) in [6.45, 7) is 1.06. The normalized spacial score (nSPS) is 15.1. The van der Waals surface area contributed by atoms with E-state index in [0.29, 0.717) is 0 Å². The molecule has 0 radical (unpaired) electrons. The lowest BCUT2D eigenvalue weighted by Crippen LogP contribution is -2.65. The molecule has 1 N–H and O–H groups in total. The van der Waals surface area contributed by atoms with Crippen molar-refractivity contribution in [1.82, 2.24) is 5.32 Å². The van der Waals surface area contributed by atoms with E-state index in [0.717, 1.165) is 6.92 Å². The zero-order chi connectivity index (χ0) is 19.0. The minimum atomic E-state index is -7.10. The van der Waals surface area contributed by atoms with E-state index in [1.807, 2.05) is 0 Å². The van der Waals surface area contributed by atoms with Crippen LogP contribution < -0.4 is 5.32 Å². The van der Waals surface area contributed by atoms with Crippen molar-refractivity contribution in [2.75, 3.05) is 0 Å². The smallest absolute Gasteiger partial charge is 0.344 e. The molecule has 0 aliphatic carbocycles. The van der Waals surface area contributed by atoms with E-state index in [4.69, 9.17) is 0 Å². The van der Waals surface area contributed by atoms with Crippen LogP contribution in [0.4, 0.5) is 39.5 Å². The lowest BCUT2D eigenvalue weighted by Gasteiger charge is -2.33. The highest BCUT2D eigenvalue weighted by Crippen LogP contribution is 2.53. The minimum absolute atomic E-state index is 0.146. The van der Waals surface area contributed by atoms with Gasteiger partial charge in [-0.25, -0.2) is 0 Å². The van der Waals surface area contributed by atoms with Gasteiger partial charge in [-0.2, -0.15) is 39.5 Å². The molecule has 1 aromatic rings. The fourth-order valence-electron chi connectivity index (χ4n) is 1.63. The predicted molar refractivity (Wildman–Crippen MR) is 63.9 cm³/mol. The van der Waals surface area contributed by atoms with Crippen LogP contribution in [0.15, 0.2) is 30.3 Å². The molecule has 0 aliphatic rings. The molecule has 0 spiro atoms. The number of halogens is 9. The van der Waals surface area contributed by atoms with Gasteiger partial charge < -0.3 is 5.32 Å². The maximum Gasteiger partial charge on any atom is 0.460 e. The molecule has 1 amide bonds. The molecule has 0 bridgehead atoms. The fraction of sp³-hybridized carbons (Fsp3) is 0.462. The van der Waals surface area contributed by atoms with Crippen LogP contribution in [0, 0.1) is 0 Å². The number of rotatable bonds is 5. The molecule has 1 atom stereocenters. The second kappa shape index (κ2) is 6.17. The highest BCUT2D eigenvalue weighted by molar-refractivity contribution is 5.85. The summed E-state index contributed by atoms with van der Waals surface area (Å²) in [7, 11) is 0. The van der Waals surface area contributed by atoms with Crippen LogP contribution in [0.1, 0.15) is 18.5 Å². The Balaban J connectivity index is 3.07. The standard InChI is InChI=1S/C13H10F9NO/c1-7(8-5-3-2-4-6-8)23-9(24)10(14,15)11(16,17)12(18,19)13(20,21)22/h2-7H,1H3,(H,23,24). The first-order valence-corrected chi connectivity index (χ1v) is 6.22. The Morgan fingerprint density at radius 3 is 1.75 bits per heavy atom. The largest absolute Gasteiger partial charge is 0.460 e. The van der Waals surface area contributed by atoms with Gasteiger partial charge in [0.1, 0.15) is 0 Å². The SMILES string of the molecule is CC(NC(=O)C(F)(F)C(F)(F)C(F)(F)C(F)(F)F)c1ccccc1. The molecule has 1 aromatic carbocycles. The van der Waals surface area contributed by atoms with E-state index < -0.39 is 35.9 Å². The van der Waals surface area contributed by atoms with Gasteiger partial charge in [0.15, 0.2) is 0 Å². The van der Waals surface area contributed by atoms with Crippen LogP contribution in [0.3, 0.4) is 0 Å². The molecule has 11 heteroatoms. The Hall–Kier alpha value is -1.94. The molecule has 0 aliphatic heterocycles. The summed E-state index contributed by atoms with van der Waals surface area (Å²) in [6.07, 6.45) is -6.97. The van der Waals surface area contributed by atoms with Crippen LogP contribution in [0.2, 0.25) is 0 Å². The van der Waals surface area contributed by atoms with Gasteiger partial charge in [0.05, 0.1) is 6.04 Å². The monoisotopic (exact) mass is 367 g/mol. The molecule has 0 fully saturated rings. The zero-order valence-electron chi connectivity index (χ0n) is 11.8. The number of benzene rings is 1. The molecule has 0 heterocycles. The van der Waals surface area contributed by atoms with E-state index in [9.17, 15) is 44.3 Å². The average molecular weight is 367 g/mol. The van der Waals surface area contributed by atoms with Crippen molar-refractivity contribution in [3.05, 3.63) is 35.9 Å². The molecule has 2 nitrogen and oxygen atoms in total. The molecule has 0 aromatic heterocycles. The van der Waals surface area contributed by atoms with Gasteiger partial charge in [-0.3, -0.25) is 4.79 Å². The summed E-state index contributed by atoms with van der Waals surface area (Å²) >= 11 is 0. The molecule has 136 valence electrons. The van der Waals surface area contributed by atoms with Gasteiger partial charge in [-0.1, -0.05) is 30.3 Å². The quantitative estimate of drug-likeness (QED) is 0.772. The van der Waals surface area contributed by atoms with Crippen molar-refractivity contribution in [3.8, 4) is 0 Å². The summed E-state index contributed by atoms with van der Waals surface area (Å²) in [5.74, 6) is -23.3. The first-order valence-electron chi connectivity index (χ1n) is 6.22. The molecule has 24 heavy (non-hydrogen) atoms. The van der Waals surface area contributed by atoms with Crippen LogP contribution in [-0.4, -0.2) is 29.9 Å². The Bertz CT molecular complexity index is 583. The first kappa shape index (κ1) is 20.1. The van der Waals surface area contributed by atoms with E-state index in [1.165, 1.54) is 35.6 Å². The van der Waals surface area contributed by atoms with Crippen molar-refractivity contribution < 1.29 is 44.3 Å². The van der Waals surface area contributed by atoms with Crippen molar-refractivity contribution >= 4 is 5.91 Å². The van der Waals surface area contributed by atoms with Crippen molar-refractivity contribution in [3.63, 3.8) is 0 Å². The molecule has 0 saturated heterocycles. The van der Waals surface area contributed by atoms with Gasteiger partial charge in [0.25, 0.3) is 5.91 Å². The number of hydrogen-bond acceptors (Lipinski definition) is 1. The fourth-order valence-corrected chi connectivity index (χ4v) is 1.63. The number of alkyl halides is 9. The summed E-state index contributed by atoms with van der Waals surface area (Å²) in [4.78, 5) is 11.2. The van der Waals surface area contributed by atoms with Gasteiger partial charge in [-0.15, -0.1) is 0 Å². The topological polar surface area (TPSA) is 29.1 Å². The third kappa shape index (κ3) is 3.29. The van der Waals surface area contributed by atoms with Gasteiger partial charge in [0.2, 0.25) is 0 Å². The van der Waals surface area contributed by atoms with E-state index >= 15 is 0 Å². The second-order valence-electron chi connectivity index (χ2n) is 4.83. The van der Waals surface area contributed by atoms with Gasteiger partial charge >= 0.3 is 23.9 Å². The molecule has 1 unspecified atom stereocenters. The van der Waals surface area contributed by atoms with Crippen molar-refractivity contribution in [1.29, 1.82) is 0 Å². The first-order chi connectivity index (χ1) is 10.7. The lowest BCUT2D eigenvalue weighted by molar-refractivity contribution is -0.388. The number of carbonyl (C=O) groups is 1. The summed E-state index contributed by atoms with van der Waals surface area (Å²) < 4.78 is 114. The van der Waals surface area contributed by atoms with E-state index in [-0.39, 0.29) is 5.56 Å². The molecule has 1 rings (SSSR count). The average Bonchev–Trinajstić information content (AvgIpc) is 2.46. The second-order valence-corrected chi connectivity index (χ2v) is 4.83. The Labute approximate surface area is 129 Å². The van der Waals surface area contributed by atoms with Crippen LogP contribution in [-0.2, 0) is 4.79 Å². The highest BCUT2D eigenvalue weighted by Gasteiger charge is 2.83. The third-order valence-corrected chi connectivity index (χ3v) is 3.08. The van der Waals surface area contributed by atoms with Crippen molar-refractivity contribution in [2.24, 2.45) is 0 Å². The van der Waals surface area contributed by atoms with Gasteiger partial charge in [-0.05, 0) is 12.5 Å². The molecular weight excluding hydrogens is 357 g/mol. The zero-order valence-corrected chi connectivity index (χ0v) is 11.8. The number of hydrogen-bond donors (Lipinski definition) is 1. The Kier molecular flexibility index (Phi) is 5.17. The van der Waals surface area contributed by atoms with Crippen LogP contribution in [0.25, 0.3) is 0 Å². The Morgan fingerprint density at radius 1 is 0.875 bits per heavy atom. The van der Waals surface area contributed by atoms with Crippen LogP contribution in [0.5, 0.6) is 0 Å². The highest BCUT2D eigenvalue weighted by atomic mass is 19.4. The lowest BCUT2D eigenvalue weighted by atomic mass is 10.0. The Morgan fingerprint density at radius 2 is 1.33 bits per heavy atom. The summed E-state index contributed by atoms with van der Waals surface area (Å²) in [5, 5.41) is 1.30. The summed E-state index contributed by atoms with van der Waals surface area (Å²) in [5.41, 5.74) is 0.146. The van der Waals surface area contributed by atoms with Crippen molar-refractivity contribution in [2.45, 2.75) is 36.9 Å². The molecule has 0 saturated carbocycles. The van der Waals surface area contributed by atoms with E-state index in [2.05, 4.69) is 0 Å². The maximum absolute atomic E-state index is 13.4. The minimum Gasteiger partial charge on any atom is -0.344 e. The number of nitrogens with one attached hydrogen (secondary N) is 1. The maximum atomic E-state index is 13.4. The van der Waals surface area contributed by atoms with Gasteiger partial charge in [0, 0.05) is 0 Å².